The third-order valence-corrected chi connectivity index (χ3v) is 11.4. The van der Waals surface area contributed by atoms with Crippen molar-refractivity contribution in [3.63, 3.8) is 0 Å². The third kappa shape index (κ3) is 4.72. The Labute approximate surface area is 313 Å². The van der Waals surface area contributed by atoms with Crippen LogP contribution < -0.4 is 0 Å². The molecule has 0 unspecified atom stereocenters. The zero-order chi connectivity index (χ0) is 35.6. The summed E-state index contributed by atoms with van der Waals surface area (Å²) in [5.74, 6) is 0. The molecular weight excluding hydrogens is 653 g/mol. The molecule has 0 bridgehead atoms. The molecule has 0 radical (unpaired) electrons. The Morgan fingerprint density at radius 2 is 0.759 bits per heavy atom. The van der Waals surface area contributed by atoms with Crippen LogP contribution in [-0.4, -0.2) is 0 Å². The largest absolute Gasteiger partial charge is 0.455 e. The summed E-state index contributed by atoms with van der Waals surface area (Å²) in [7, 11) is 0. The van der Waals surface area contributed by atoms with Gasteiger partial charge in [0.25, 0.3) is 0 Å². The van der Waals surface area contributed by atoms with E-state index in [0.29, 0.717) is 0 Å². The van der Waals surface area contributed by atoms with E-state index < -0.39 is 0 Å². The molecule has 252 valence electrons. The summed E-state index contributed by atoms with van der Waals surface area (Å²) in [6, 6.07) is 70.6. The summed E-state index contributed by atoms with van der Waals surface area (Å²) < 4.78 is 6.86. The van der Waals surface area contributed by atoms with E-state index in [1.807, 2.05) is 0 Å². The Morgan fingerprint density at radius 1 is 0.315 bits per heavy atom. The van der Waals surface area contributed by atoms with E-state index in [4.69, 9.17) is 4.42 Å². The molecule has 11 aromatic rings. The van der Waals surface area contributed by atoms with Crippen molar-refractivity contribution >= 4 is 65.0 Å². The average Bonchev–Trinajstić information content (AvgIpc) is 3.63. The van der Waals surface area contributed by atoms with E-state index in [-0.39, 0.29) is 0 Å². The van der Waals surface area contributed by atoms with Crippen LogP contribution in [0, 0.1) is 0 Å². The fourth-order valence-electron chi connectivity index (χ4n) is 9.02. The van der Waals surface area contributed by atoms with Crippen molar-refractivity contribution < 1.29 is 4.42 Å². The summed E-state index contributed by atoms with van der Waals surface area (Å²) in [5.41, 5.74) is 11.8. The molecule has 0 fully saturated rings. The van der Waals surface area contributed by atoms with E-state index in [1.54, 1.807) is 0 Å². The van der Waals surface area contributed by atoms with Crippen LogP contribution in [0.1, 0.15) is 11.1 Å². The summed E-state index contributed by atoms with van der Waals surface area (Å²) in [6.45, 7) is 0. The van der Waals surface area contributed by atoms with Crippen LogP contribution in [0.2, 0.25) is 0 Å². The fraction of sp³-hybridized carbons (Fsp3) is 0.0189. The Morgan fingerprint density at radius 3 is 1.44 bits per heavy atom. The third-order valence-electron chi connectivity index (χ3n) is 11.4. The van der Waals surface area contributed by atoms with E-state index in [1.165, 1.54) is 82.0 Å². The molecule has 1 heterocycles. The average molecular weight is 687 g/mol. The summed E-state index contributed by atoms with van der Waals surface area (Å²) in [6.07, 6.45) is 0.813. The number of hydrogen-bond donors (Lipinski definition) is 0. The van der Waals surface area contributed by atoms with Gasteiger partial charge in [0, 0.05) is 16.3 Å². The molecule has 0 aliphatic heterocycles. The van der Waals surface area contributed by atoms with E-state index >= 15 is 0 Å². The van der Waals surface area contributed by atoms with Gasteiger partial charge in [0.15, 0.2) is 0 Å². The molecule has 1 nitrogen and oxygen atoms in total. The van der Waals surface area contributed by atoms with Crippen molar-refractivity contribution in [3.05, 3.63) is 205 Å². The van der Waals surface area contributed by atoms with Gasteiger partial charge in [0.05, 0.1) is 0 Å². The van der Waals surface area contributed by atoms with Crippen molar-refractivity contribution in [2.75, 3.05) is 0 Å². The van der Waals surface area contributed by atoms with Gasteiger partial charge in [-0.25, -0.2) is 0 Å². The Kier molecular flexibility index (Phi) is 7.00. The highest BCUT2D eigenvalue weighted by molar-refractivity contribution is 6.23. The van der Waals surface area contributed by atoms with Gasteiger partial charge >= 0.3 is 0 Å². The smallest absolute Gasteiger partial charge is 0.143 e. The minimum Gasteiger partial charge on any atom is -0.455 e. The van der Waals surface area contributed by atoms with Crippen molar-refractivity contribution in [1.82, 2.24) is 0 Å². The number of para-hydroxylation sites is 1. The maximum atomic E-state index is 6.86. The molecule has 0 saturated heterocycles. The van der Waals surface area contributed by atoms with Crippen LogP contribution in [0.5, 0.6) is 0 Å². The summed E-state index contributed by atoms with van der Waals surface area (Å²) >= 11 is 0. The lowest BCUT2D eigenvalue weighted by Gasteiger charge is -2.19. The Bertz CT molecular complexity index is 3180. The standard InChI is InChI=1S/C53H34O/c1-4-20-37-34(15-1)18-11-27-40(37)39-22-6-3-17-36(39)33-49-42-23-7-9-25-44(42)51(45-26-10-8-24-43(45)49)47-30-14-32-50-52(47)48-31-13-29-46(53(48)54-50)41-28-12-19-35-16-2-5-21-38(35)41/h1-32H,33H2. The van der Waals surface area contributed by atoms with Crippen LogP contribution >= 0.6 is 0 Å². The van der Waals surface area contributed by atoms with Crippen LogP contribution in [0.15, 0.2) is 199 Å². The maximum absolute atomic E-state index is 6.86. The summed E-state index contributed by atoms with van der Waals surface area (Å²) in [4.78, 5) is 0. The first-order valence-electron chi connectivity index (χ1n) is 18.7. The van der Waals surface area contributed by atoms with Gasteiger partial charge in [-0.3, -0.25) is 0 Å². The predicted molar refractivity (Wildman–Crippen MR) is 229 cm³/mol. The van der Waals surface area contributed by atoms with Crippen LogP contribution in [-0.2, 0) is 6.42 Å². The van der Waals surface area contributed by atoms with E-state index in [0.717, 1.165) is 33.9 Å². The topological polar surface area (TPSA) is 13.1 Å². The van der Waals surface area contributed by atoms with Gasteiger partial charge in [-0.05, 0) is 94.5 Å². The summed E-state index contributed by atoms with van der Waals surface area (Å²) in [5, 5.41) is 12.3. The van der Waals surface area contributed by atoms with Crippen molar-refractivity contribution in [2.45, 2.75) is 6.42 Å². The van der Waals surface area contributed by atoms with Crippen molar-refractivity contribution in [1.29, 1.82) is 0 Å². The lowest BCUT2D eigenvalue weighted by molar-refractivity contribution is 0.670. The number of benzene rings is 10. The molecule has 0 aliphatic rings. The first-order valence-corrected chi connectivity index (χ1v) is 18.7. The van der Waals surface area contributed by atoms with Crippen molar-refractivity contribution in [3.8, 4) is 33.4 Å². The van der Waals surface area contributed by atoms with Gasteiger partial charge in [0.2, 0.25) is 0 Å². The van der Waals surface area contributed by atoms with E-state index in [9.17, 15) is 0 Å². The molecule has 10 aromatic carbocycles. The van der Waals surface area contributed by atoms with Crippen LogP contribution in [0.4, 0.5) is 0 Å². The predicted octanol–water partition coefficient (Wildman–Crippen LogP) is 14.8. The Hall–Kier alpha value is -6.96. The molecule has 54 heavy (non-hydrogen) atoms. The molecule has 1 aromatic heterocycles. The highest BCUT2D eigenvalue weighted by Crippen LogP contribution is 2.47. The number of fused-ring (bicyclic) bond motifs is 7. The Balaban J connectivity index is 1.15. The van der Waals surface area contributed by atoms with Crippen LogP contribution in [0.25, 0.3) is 98.4 Å². The first-order chi connectivity index (χ1) is 26.8. The van der Waals surface area contributed by atoms with Gasteiger partial charge in [-0.1, -0.05) is 188 Å². The van der Waals surface area contributed by atoms with Crippen LogP contribution in [0.3, 0.4) is 0 Å². The van der Waals surface area contributed by atoms with Gasteiger partial charge in [-0.15, -0.1) is 0 Å². The number of furan rings is 1. The monoisotopic (exact) mass is 686 g/mol. The lowest BCUT2D eigenvalue weighted by Crippen LogP contribution is -1.97. The maximum Gasteiger partial charge on any atom is 0.143 e. The van der Waals surface area contributed by atoms with Crippen molar-refractivity contribution in [2.24, 2.45) is 0 Å². The highest BCUT2D eigenvalue weighted by atomic mass is 16.3. The molecule has 0 amide bonds. The second kappa shape index (κ2) is 12.3. The zero-order valence-corrected chi connectivity index (χ0v) is 29.6. The number of hydrogen-bond acceptors (Lipinski definition) is 1. The van der Waals surface area contributed by atoms with E-state index in [2.05, 4.69) is 194 Å². The van der Waals surface area contributed by atoms with Gasteiger partial charge < -0.3 is 4.42 Å². The quantitative estimate of drug-likeness (QED) is 0.164. The zero-order valence-electron chi connectivity index (χ0n) is 29.6. The highest BCUT2D eigenvalue weighted by Gasteiger charge is 2.22. The molecule has 11 rings (SSSR count). The molecule has 0 spiro atoms. The second-order valence-electron chi connectivity index (χ2n) is 14.3. The number of rotatable bonds is 5. The first kappa shape index (κ1) is 30.6. The molecular formula is C53H34O. The molecule has 0 N–H and O–H groups in total. The molecule has 0 atom stereocenters. The molecule has 0 saturated carbocycles. The SMILES string of the molecule is c1ccc(-c2cccc3ccccc23)c(Cc2c3ccccc3c(-c3cccc4oc5c(-c6cccc7ccccc67)cccc5c34)c3ccccc23)c1. The van der Waals surface area contributed by atoms with Gasteiger partial charge in [0.1, 0.15) is 11.2 Å². The minimum absolute atomic E-state index is 0.813. The molecule has 0 aliphatic carbocycles. The normalized spacial score (nSPS) is 11.8. The fourth-order valence-corrected chi connectivity index (χ4v) is 9.02. The second-order valence-corrected chi connectivity index (χ2v) is 14.3. The molecule has 1 heteroatoms. The minimum atomic E-state index is 0.813. The lowest BCUT2D eigenvalue weighted by atomic mass is 9.84. The van der Waals surface area contributed by atoms with Gasteiger partial charge in [-0.2, -0.15) is 0 Å².